The average Bonchev–Trinajstić information content (AvgIpc) is 3.09. The number of benzene rings is 6. The molecule has 2 atom stereocenters. The molecule has 0 amide bonds. The largest absolute Gasteiger partial charge is 0.493 e. The molecular formula is C42H46N2O2. The molecule has 6 aromatic rings. The van der Waals surface area contributed by atoms with Crippen molar-refractivity contribution < 1.29 is 9.47 Å². The van der Waals surface area contributed by atoms with Crippen LogP contribution in [-0.2, 0) is 0 Å². The van der Waals surface area contributed by atoms with Crippen LogP contribution < -0.4 is 9.47 Å². The summed E-state index contributed by atoms with van der Waals surface area (Å²) >= 11 is 0. The molecule has 0 aliphatic rings. The average molecular weight is 611 g/mol. The number of hydrogen-bond donors (Lipinski definition) is 0. The molecule has 0 aliphatic carbocycles. The second-order valence-corrected chi connectivity index (χ2v) is 12.0. The van der Waals surface area contributed by atoms with E-state index in [1.54, 1.807) is 0 Å². The van der Waals surface area contributed by atoms with Crippen LogP contribution in [0, 0.1) is 0 Å². The normalized spacial score (nSPS) is 12.5. The van der Waals surface area contributed by atoms with Gasteiger partial charge in [-0.1, -0.05) is 133 Å². The zero-order valence-electron chi connectivity index (χ0n) is 27.6. The first kappa shape index (κ1) is 32.7. The maximum Gasteiger partial charge on any atom is 0.127 e. The molecule has 0 unspecified atom stereocenters. The Kier molecular flexibility index (Phi) is 11.8. The molecule has 0 radical (unpaired) electrons. The standard InChI is InChI=1S/2C21H23NO/c2*1-22(2)20(18-10-4-3-5-11-18)15-16-23-21-14-8-12-17-9-6-7-13-19(17)21/h2*3-14,20H,15-16H2,1-2H3/t2*20-/m00/s1. The molecule has 0 aromatic heterocycles. The van der Waals surface area contributed by atoms with Crippen LogP contribution in [0.2, 0.25) is 0 Å². The molecule has 4 nitrogen and oxygen atoms in total. The summed E-state index contributed by atoms with van der Waals surface area (Å²) in [5.41, 5.74) is 2.66. The maximum absolute atomic E-state index is 6.09. The lowest BCUT2D eigenvalue weighted by atomic mass is 10.0. The van der Waals surface area contributed by atoms with Gasteiger partial charge in [-0.25, -0.2) is 0 Å². The quantitative estimate of drug-likeness (QED) is 0.138. The monoisotopic (exact) mass is 610 g/mol. The summed E-state index contributed by atoms with van der Waals surface area (Å²) in [7, 11) is 8.48. The minimum atomic E-state index is 0.367. The van der Waals surface area contributed by atoms with E-state index in [0.717, 1.165) is 24.3 Å². The van der Waals surface area contributed by atoms with Crippen LogP contribution in [0.1, 0.15) is 36.1 Å². The summed E-state index contributed by atoms with van der Waals surface area (Å²) in [6, 6.07) is 51.1. The molecule has 236 valence electrons. The van der Waals surface area contributed by atoms with Gasteiger partial charge in [0.2, 0.25) is 0 Å². The third kappa shape index (κ3) is 8.75. The molecule has 0 aliphatic heterocycles. The third-order valence-electron chi connectivity index (χ3n) is 8.41. The molecular weight excluding hydrogens is 564 g/mol. The summed E-state index contributed by atoms with van der Waals surface area (Å²) in [5.74, 6) is 1.93. The number of fused-ring (bicyclic) bond motifs is 2. The Labute approximate surface area is 274 Å². The molecule has 6 aromatic carbocycles. The van der Waals surface area contributed by atoms with Crippen molar-refractivity contribution in [3.05, 3.63) is 157 Å². The third-order valence-corrected chi connectivity index (χ3v) is 8.41. The summed E-state index contributed by atoms with van der Waals surface area (Å²) < 4.78 is 12.2. The second kappa shape index (κ2) is 16.6. The van der Waals surface area contributed by atoms with Gasteiger partial charge >= 0.3 is 0 Å². The van der Waals surface area contributed by atoms with Gasteiger partial charge < -0.3 is 19.3 Å². The maximum atomic E-state index is 6.09. The van der Waals surface area contributed by atoms with E-state index in [0.29, 0.717) is 25.3 Å². The van der Waals surface area contributed by atoms with Gasteiger partial charge in [-0.15, -0.1) is 0 Å². The van der Waals surface area contributed by atoms with Gasteiger partial charge in [-0.05, 0) is 62.2 Å². The minimum absolute atomic E-state index is 0.367. The first-order valence-electron chi connectivity index (χ1n) is 16.1. The minimum Gasteiger partial charge on any atom is -0.493 e. The van der Waals surface area contributed by atoms with E-state index < -0.39 is 0 Å². The van der Waals surface area contributed by atoms with Crippen LogP contribution in [0.25, 0.3) is 21.5 Å². The van der Waals surface area contributed by atoms with Crippen molar-refractivity contribution in [2.75, 3.05) is 41.4 Å². The van der Waals surface area contributed by atoms with Crippen molar-refractivity contribution in [3.8, 4) is 11.5 Å². The molecule has 4 heteroatoms. The van der Waals surface area contributed by atoms with Crippen molar-refractivity contribution in [2.45, 2.75) is 24.9 Å². The molecule has 0 heterocycles. The van der Waals surface area contributed by atoms with E-state index in [4.69, 9.17) is 9.47 Å². The van der Waals surface area contributed by atoms with Gasteiger partial charge in [0.15, 0.2) is 0 Å². The van der Waals surface area contributed by atoms with Gasteiger partial charge in [0.25, 0.3) is 0 Å². The van der Waals surface area contributed by atoms with Gasteiger partial charge in [-0.2, -0.15) is 0 Å². The number of ether oxygens (including phenoxy) is 2. The Morgan fingerprint density at radius 3 is 1.15 bits per heavy atom. The highest BCUT2D eigenvalue weighted by molar-refractivity contribution is 5.88. The fourth-order valence-electron chi connectivity index (χ4n) is 6.00. The van der Waals surface area contributed by atoms with E-state index in [9.17, 15) is 0 Å². The predicted octanol–water partition coefficient (Wildman–Crippen LogP) is 9.82. The lowest BCUT2D eigenvalue weighted by Crippen LogP contribution is -2.22. The van der Waals surface area contributed by atoms with Crippen molar-refractivity contribution in [3.63, 3.8) is 0 Å². The first-order chi connectivity index (χ1) is 22.5. The van der Waals surface area contributed by atoms with Crippen molar-refractivity contribution in [1.29, 1.82) is 0 Å². The van der Waals surface area contributed by atoms with E-state index in [1.807, 2.05) is 0 Å². The lowest BCUT2D eigenvalue weighted by Gasteiger charge is -2.25. The molecule has 0 saturated heterocycles. The SMILES string of the molecule is CN(C)[C@@H](CCOc1cccc2ccccc12)c1ccccc1.CN(C)[C@@H](CCOc1cccc2ccccc12)c1ccccc1. The van der Waals surface area contributed by atoms with Gasteiger partial charge in [-0.3, -0.25) is 0 Å². The molecule has 0 fully saturated rings. The smallest absolute Gasteiger partial charge is 0.127 e. The highest BCUT2D eigenvalue weighted by Gasteiger charge is 2.15. The van der Waals surface area contributed by atoms with Crippen LogP contribution >= 0.6 is 0 Å². The molecule has 0 saturated carbocycles. The Balaban J connectivity index is 0.000000181. The van der Waals surface area contributed by atoms with Crippen LogP contribution in [0.15, 0.2) is 146 Å². The van der Waals surface area contributed by atoms with E-state index in [1.165, 1.54) is 32.7 Å². The summed E-state index contributed by atoms with van der Waals surface area (Å²) in [4.78, 5) is 4.50. The Bertz CT molecular complexity index is 1630. The van der Waals surface area contributed by atoms with Crippen LogP contribution in [0.3, 0.4) is 0 Å². The highest BCUT2D eigenvalue weighted by Crippen LogP contribution is 2.28. The van der Waals surface area contributed by atoms with Crippen LogP contribution in [0.4, 0.5) is 0 Å². The van der Waals surface area contributed by atoms with E-state index in [2.05, 4.69) is 184 Å². The summed E-state index contributed by atoms with van der Waals surface area (Å²) in [5, 5.41) is 4.79. The molecule has 0 bridgehead atoms. The summed E-state index contributed by atoms with van der Waals surface area (Å²) in [6.45, 7) is 1.40. The van der Waals surface area contributed by atoms with Crippen molar-refractivity contribution in [2.24, 2.45) is 0 Å². The van der Waals surface area contributed by atoms with Crippen molar-refractivity contribution >= 4 is 21.5 Å². The lowest BCUT2D eigenvalue weighted by molar-refractivity contribution is 0.225. The molecule has 46 heavy (non-hydrogen) atoms. The van der Waals surface area contributed by atoms with Gasteiger partial charge in [0.1, 0.15) is 11.5 Å². The Hall–Kier alpha value is -4.64. The Morgan fingerprint density at radius 1 is 0.413 bits per heavy atom. The fourth-order valence-corrected chi connectivity index (χ4v) is 6.00. The first-order valence-corrected chi connectivity index (χ1v) is 16.1. The van der Waals surface area contributed by atoms with Crippen LogP contribution in [0.5, 0.6) is 11.5 Å². The number of hydrogen-bond acceptors (Lipinski definition) is 4. The van der Waals surface area contributed by atoms with Gasteiger partial charge in [0.05, 0.1) is 13.2 Å². The van der Waals surface area contributed by atoms with Crippen molar-refractivity contribution in [1.82, 2.24) is 9.80 Å². The second-order valence-electron chi connectivity index (χ2n) is 12.0. The van der Waals surface area contributed by atoms with Gasteiger partial charge in [0, 0.05) is 35.7 Å². The number of rotatable bonds is 12. The highest BCUT2D eigenvalue weighted by atomic mass is 16.5. The van der Waals surface area contributed by atoms with E-state index >= 15 is 0 Å². The molecule has 6 rings (SSSR count). The molecule has 0 spiro atoms. The fraction of sp³-hybridized carbons (Fsp3) is 0.238. The summed E-state index contributed by atoms with van der Waals surface area (Å²) in [6.07, 6.45) is 1.92. The number of nitrogens with zero attached hydrogens (tertiary/aromatic N) is 2. The van der Waals surface area contributed by atoms with Crippen LogP contribution in [-0.4, -0.2) is 51.2 Å². The predicted molar refractivity (Wildman–Crippen MR) is 194 cm³/mol. The molecule has 0 N–H and O–H groups in total. The van der Waals surface area contributed by atoms with E-state index in [-0.39, 0.29) is 0 Å². The topological polar surface area (TPSA) is 24.9 Å². The zero-order valence-corrected chi connectivity index (χ0v) is 27.6. The zero-order chi connectivity index (χ0) is 32.1. The Morgan fingerprint density at radius 2 is 0.761 bits per heavy atom.